The molecular formula is C25H25FN8O. The maximum absolute atomic E-state index is 13.7. The molecule has 9 nitrogen and oxygen atoms in total. The van der Waals surface area contributed by atoms with E-state index >= 15 is 0 Å². The minimum atomic E-state index is -0.835. The first-order valence-corrected chi connectivity index (χ1v) is 11.8. The summed E-state index contributed by atoms with van der Waals surface area (Å²) < 4.78 is 24.9. The van der Waals surface area contributed by atoms with Crippen molar-refractivity contribution in [1.82, 2.24) is 39.1 Å². The first-order chi connectivity index (χ1) is 17.0. The smallest absolute Gasteiger partial charge is 0.137 e. The summed E-state index contributed by atoms with van der Waals surface area (Å²) in [6.07, 6.45) is 13.6. The molecule has 0 spiro atoms. The summed E-state index contributed by atoms with van der Waals surface area (Å²) in [7, 11) is 1.64. The fourth-order valence-electron chi connectivity index (χ4n) is 5.78. The average Bonchev–Trinajstić information content (AvgIpc) is 3.55. The van der Waals surface area contributed by atoms with Crippen LogP contribution in [0.2, 0.25) is 0 Å². The van der Waals surface area contributed by atoms with E-state index in [9.17, 15) is 4.39 Å². The van der Waals surface area contributed by atoms with E-state index in [2.05, 4.69) is 32.9 Å². The van der Waals surface area contributed by atoms with Crippen LogP contribution in [-0.2, 0) is 13.1 Å². The zero-order valence-corrected chi connectivity index (χ0v) is 19.4. The normalized spacial score (nSPS) is 22.9. The highest BCUT2D eigenvalue weighted by Crippen LogP contribution is 2.69. The number of rotatable bonds is 8. The van der Waals surface area contributed by atoms with Crippen molar-refractivity contribution < 1.29 is 9.13 Å². The van der Waals surface area contributed by atoms with E-state index in [0.717, 1.165) is 66.2 Å². The molecule has 3 aliphatic rings. The van der Waals surface area contributed by atoms with Crippen LogP contribution < -0.4 is 10.1 Å². The maximum Gasteiger partial charge on any atom is 0.137 e. The summed E-state index contributed by atoms with van der Waals surface area (Å²) in [4.78, 5) is 8.97. The van der Waals surface area contributed by atoms with Crippen molar-refractivity contribution in [3.8, 4) is 17.0 Å². The van der Waals surface area contributed by atoms with Crippen molar-refractivity contribution in [3.63, 3.8) is 0 Å². The number of nitrogens with one attached hydrogen (secondary N) is 1. The Hall–Kier alpha value is -3.79. The number of ether oxygens (including phenoxy) is 1. The minimum Gasteiger partial charge on any atom is -0.495 e. The molecule has 2 bridgehead atoms. The summed E-state index contributed by atoms with van der Waals surface area (Å²) in [5.41, 5.74) is 4.92. The number of imidazole rings is 2. The van der Waals surface area contributed by atoms with Crippen LogP contribution in [0.5, 0.6) is 5.75 Å². The molecule has 5 aromatic heterocycles. The van der Waals surface area contributed by atoms with Gasteiger partial charge in [0.15, 0.2) is 0 Å². The lowest BCUT2D eigenvalue weighted by molar-refractivity contribution is -0.209. The Labute approximate surface area is 200 Å². The molecule has 0 atom stereocenters. The van der Waals surface area contributed by atoms with Gasteiger partial charge >= 0.3 is 0 Å². The van der Waals surface area contributed by atoms with E-state index < -0.39 is 5.67 Å². The van der Waals surface area contributed by atoms with Crippen LogP contribution in [0.25, 0.3) is 22.4 Å². The first kappa shape index (κ1) is 20.6. The summed E-state index contributed by atoms with van der Waals surface area (Å²) >= 11 is 0. The Bertz CT molecular complexity index is 1550. The molecule has 35 heavy (non-hydrogen) atoms. The van der Waals surface area contributed by atoms with Crippen LogP contribution >= 0.6 is 0 Å². The molecule has 178 valence electrons. The Morgan fingerprint density at radius 1 is 1.11 bits per heavy atom. The topological polar surface area (TPSA) is 86.6 Å². The lowest BCUT2D eigenvalue weighted by Crippen LogP contribution is -2.67. The number of methoxy groups -OCH3 is 1. The second-order valence-electron chi connectivity index (χ2n) is 10.1. The lowest BCUT2D eigenvalue weighted by Gasteiger charge is -2.66. The van der Waals surface area contributed by atoms with Crippen LogP contribution in [0.3, 0.4) is 0 Å². The Kier molecular flexibility index (Phi) is 4.32. The molecule has 3 fully saturated rings. The van der Waals surface area contributed by atoms with Gasteiger partial charge in [0.2, 0.25) is 0 Å². The SMILES string of the molecule is COc1cc(-c2cn(Cc3cn4cc(CNCC56CC(F)(C5)C6)ccc4n3)nn2)c2cncn2c1. The zero-order valence-electron chi connectivity index (χ0n) is 19.4. The lowest BCUT2D eigenvalue weighted by atomic mass is 9.42. The molecule has 0 radical (unpaired) electrons. The monoisotopic (exact) mass is 472 g/mol. The van der Waals surface area contributed by atoms with Gasteiger partial charge in [-0.3, -0.25) is 0 Å². The molecule has 0 saturated heterocycles. The summed E-state index contributed by atoms with van der Waals surface area (Å²) in [6.45, 7) is 2.16. The van der Waals surface area contributed by atoms with Gasteiger partial charge in [-0.1, -0.05) is 11.3 Å². The van der Waals surface area contributed by atoms with E-state index in [4.69, 9.17) is 9.72 Å². The van der Waals surface area contributed by atoms with Crippen molar-refractivity contribution in [2.75, 3.05) is 13.7 Å². The average molecular weight is 473 g/mol. The largest absolute Gasteiger partial charge is 0.495 e. The van der Waals surface area contributed by atoms with Crippen molar-refractivity contribution >= 4 is 11.2 Å². The quantitative estimate of drug-likeness (QED) is 0.373. The molecule has 1 N–H and O–H groups in total. The van der Waals surface area contributed by atoms with E-state index in [-0.39, 0.29) is 5.41 Å². The highest BCUT2D eigenvalue weighted by atomic mass is 19.1. The molecule has 0 unspecified atom stereocenters. The molecule has 0 amide bonds. The van der Waals surface area contributed by atoms with Gasteiger partial charge in [-0.15, -0.1) is 5.10 Å². The van der Waals surface area contributed by atoms with Crippen molar-refractivity contribution in [2.24, 2.45) is 5.41 Å². The number of pyridine rings is 2. The molecule has 10 heteroatoms. The predicted octanol–water partition coefficient (Wildman–Crippen LogP) is 3.28. The van der Waals surface area contributed by atoms with Crippen LogP contribution in [0.15, 0.2) is 55.5 Å². The highest BCUT2D eigenvalue weighted by Gasteiger charge is 2.68. The molecule has 3 saturated carbocycles. The summed E-state index contributed by atoms with van der Waals surface area (Å²) in [5, 5.41) is 12.2. The van der Waals surface area contributed by atoms with Gasteiger partial charge in [-0.05, 0) is 42.4 Å². The predicted molar refractivity (Wildman–Crippen MR) is 127 cm³/mol. The number of halogens is 1. The number of alkyl halides is 1. The van der Waals surface area contributed by atoms with Crippen molar-refractivity contribution in [3.05, 3.63) is 66.8 Å². The minimum absolute atomic E-state index is 0.215. The van der Waals surface area contributed by atoms with Crippen molar-refractivity contribution in [2.45, 2.75) is 38.0 Å². The highest BCUT2D eigenvalue weighted by molar-refractivity contribution is 5.78. The number of aromatic nitrogens is 7. The van der Waals surface area contributed by atoms with Gasteiger partial charge in [0.1, 0.15) is 22.8 Å². The van der Waals surface area contributed by atoms with Gasteiger partial charge < -0.3 is 18.9 Å². The molecule has 0 aliphatic heterocycles. The van der Waals surface area contributed by atoms with Crippen LogP contribution in [0, 0.1) is 5.41 Å². The second-order valence-corrected chi connectivity index (χ2v) is 10.1. The third kappa shape index (κ3) is 3.47. The Morgan fingerprint density at radius 2 is 2.00 bits per heavy atom. The third-order valence-electron chi connectivity index (χ3n) is 7.34. The number of hydrogen-bond acceptors (Lipinski definition) is 6. The molecule has 0 aromatic carbocycles. The van der Waals surface area contributed by atoms with Crippen LogP contribution in [0.4, 0.5) is 4.39 Å². The van der Waals surface area contributed by atoms with Gasteiger partial charge in [0.25, 0.3) is 0 Å². The van der Waals surface area contributed by atoms with Gasteiger partial charge in [0, 0.05) is 31.0 Å². The number of fused-ring (bicyclic) bond motifs is 2. The Morgan fingerprint density at radius 3 is 2.83 bits per heavy atom. The molecular weight excluding hydrogens is 447 g/mol. The maximum atomic E-state index is 13.7. The molecule has 5 heterocycles. The Balaban J connectivity index is 1.06. The molecule has 8 rings (SSSR count). The first-order valence-electron chi connectivity index (χ1n) is 11.8. The standard InChI is InChI=1S/C25H25FN8O/c1-35-19-4-20(22-6-28-16-33(22)10-19)21-11-34(31-30-21)9-18-8-32-7-17(2-3-23(32)29-18)5-27-15-24-12-25(26,13-24)14-24/h2-4,6-8,10-11,16,27H,5,9,12-15H2,1H3. The van der Waals surface area contributed by atoms with E-state index in [0.29, 0.717) is 6.54 Å². The van der Waals surface area contributed by atoms with E-state index in [1.54, 1.807) is 24.3 Å². The molecule has 5 aromatic rings. The fraction of sp³-hybridized carbons (Fsp3) is 0.360. The van der Waals surface area contributed by atoms with E-state index in [1.165, 1.54) is 5.56 Å². The molecule has 3 aliphatic carbocycles. The van der Waals surface area contributed by atoms with Gasteiger partial charge in [-0.25, -0.2) is 19.0 Å². The van der Waals surface area contributed by atoms with Gasteiger partial charge in [-0.2, -0.15) is 0 Å². The fourth-order valence-corrected chi connectivity index (χ4v) is 5.78. The summed E-state index contributed by atoms with van der Waals surface area (Å²) in [5.74, 6) is 0.723. The number of nitrogens with zero attached hydrogens (tertiary/aromatic N) is 7. The van der Waals surface area contributed by atoms with Crippen LogP contribution in [0.1, 0.15) is 30.5 Å². The zero-order chi connectivity index (χ0) is 23.6. The van der Waals surface area contributed by atoms with E-state index in [1.807, 2.05) is 39.5 Å². The van der Waals surface area contributed by atoms with Gasteiger partial charge in [0.05, 0.1) is 49.8 Å². The second kappa shape index (κ2) is 7.35. The van der Waals surface area contributed by atoms with Crippen molar-refractivity contribution in [1.29, 1.82) is 0 Å². The number of hydrogen-bond donors (Lipinski definition) is 1. The third-order valence-corrected chi connectivity index (χ3v) is 7.34. The van der Waals surface area contributed by atoms with Crippen LogP contribution in [-0.4, -0.2) is 53.1 Å². The summed E-state index contributed by atoms with van der Waals surface area (Å²) in [6, 6.07) is 6.05.